The molecule has 0 saturated heterocycles. The zero-order valence-electron chi connectivity index (χ0n) is 19.3. The summed E-state index contributed by atoms with van der Waals surface area (Å²) < 4.78 is 5.56. The van der Waals surface area contributed by atoms with Gasteiger partial charge in [-0.05, 0) is 60.0 Å². The van der Waals surface area contributed by atoms with Crippen LogP contribution in [0.4, 0.5) is 0 Å². The molecule has 11 heteroatoms. The summed E-state index contributed by atoms with van der Waals surface area (Å²) in [5.74, 6) is 1.12. The Balaban J connectivity index is 1.41. The Morgan fingerprint density at radius 2 is 1.97 bits per heavy atom. The molecule has 4 aromatic heterocycles. The fraction of sp³-hybridized carbons (Fsp3) is 0.375. The van der Waals surface area contributed by atoms with Gasteiger partial charge in [-0.1, -0.05) is 25.0 Å². The van der Waals surface area contributed by atoms with E-state index in [4.69, 9.17) is 4.42 Å². The van der Waals surface area contributed by atoms with Gasteiger partial charge in [0.05, 0.1) is 6.54 Å². The number of aromatic nitrogens is 4. The Morgan fingerprint density at radius 3 is 2.66 bits per heavy atom. The molecule has 9 nitrogen and oxygen atoms in total. The van der Waals surface area contributed by atoms with Crippen LogP contribution in [-0.4, -0.2) is 43.0 Å². The second-order valence-electron chi connectivity index (χ2n) is 8.56. The number of aryl methyl sites for hydroxylation is 1. The lowest BCUT2D eigenvalue weighted by Crippen LogP contribution is -2.46. The predicted octanol–water partition coefficient (Wildman–Crippen LogP) is 4.19. The number of tetrazole rings is 1. The molecule has 1 N–H and O–H groups in total. The van der Waals surface area contributed by atoms with Gasteiger partial charge in [0.2, 0.25) is 17.6 Å². The lowest BCUT2D eigenvalue weighted by atomic mass is 10.1. The summed E-state index contributed by atoms with van der Waals surface area (Å²) in [6, 6.07) is 10.7. The summed E-state index contributed by atoms with van der Waals surface area (Å²) in [6.45, 7) is 2.01. The maximum atomic E-state index is 13.7. The average Bonchev–Trinajstić information content (AvgIpc) is 3.65. The Labute approximate surface area is 210 Å². The van der Waals surface area contributed by atoms with E-state index in [1.54, 1.807) is 22.3 Å². The molecule has 182 valence electrons. The Hall–Kier alpha value is -3.31. The summed E-state index contributed by atoms with van der Waals surface area (Å²) in [7, 11) is 0. The summed E-state index contributed by atoms with van der Waals surface area (Å²) >= 11 is 3.02. The van der Waals surface area contributed by atoms with Gasteiger partial charge < -0.3 is 14.6 Å². The van der Waals surface area contributed by atoms with Crippen molar-refractivity contribution in [2.45, 2.75) is 57.8 Å². The number of furan rings is 1. The molecule has 1 saturated carbocycles. The predicted molar refractivity (Wildman–Crippen MR) is 133 cm³/mol. The Morgan fingerprint density at radius 1 is 1.17 bits per heavy atom. The normalized spacial score (nSPS) is 14.8. The molecular weight excluding hydrogens is 484 g/mol. The van der Waals surface area contributed by atoms with Crippen molar-refractivity contribution in [3.05, 3.63) is 62.7 Å². The minimum absolute atomic E-state index is 0.142. The topological polar surface area (TPSA) is 106 Å². The number of carbonyl (C=O) groups is 2. The molecule has 1 aliphatic rings. The van der Waals surface area contributed by atoms with E-state index in [2.05, 4.69) is 20.7 Å². The van der Waals surface area contributed by atoms with Crippen molar-refractivity contribution >= 4 is 34.5 Å². The number of amides is 2. The smallest absolute Gasteiger partial charge is 0.248 e. The minimum atomic E-state index is -0.735. The van der Waals surface area contributed by atoms with Gasteiger partial charge in [0.25, 0.3) is 0 Å². The first-order valence-electron chi connectivity index (χ1n) is 11.6. The number of nitrogens with one attached hydrogen (secondary N) is 1. The third kappa shape index (κ3) is 5.51. The lowest BCUT2D eigenvalue weighted by molar-refractivity contribution is -0.142. The SMILES string of the molecule is Cc1ccc(-c2nnn(CC(=O)N(Cc3cccs3)[C@@H](C(=O)NC3CCCC3)c3cccs3)n2)o1. The fourth-order valence-corrected chi connectivity index (χ4v) is 5.83. The first-order chi connectivity index (χ1) is 17.1. The molecule has 35 heavy (non-hydrogen) atoms. The van der Waals surface area contributed by atoms with Crippen molar-refractivity contribution in [1.82, 2.24) is 30.4 Å². The van der Waals surface area contributed by atoms with Crippen LogP contribution in [0.1, 0.15) is 47.2 Å². The number of nitrogens with zero attached hydrogens (tertiary/aromatic N) is 5. The molecule has 4 aromatic rings. The molecule has 5 rings (SSSR count). The quantitative estimate of drug-likeness (QED) is 0.362. The molecule has 0 bridgehead atoms. The van der Waals surface area contributed by atoms with Crippen LogP contribution in [0.5, 0.6) is 0 Å². The van der Waals surface area contributed by atoms with Crippen LogP contribution in [0.25, 0.3) is 11.6 Å². The van der Waals surface area contributed by atoms with E-state index in [-0.39, 0.29) is 24.4 Å². The highest BCUT2D eigenvalue weighted by atomic mass is 32.1. The molecule has 1 aliphatic carbocycles. The largest absolute Gasteiger partial charge is 0.458 e. The molecule has 0 aliphatic heterocycles. The van der Waals surface area contributed by atoms with Gasteiger partial charge in [0.1, 0.15) is 18.3 Å². The number of rotatable bonds is 9. The molecule has 0 unspecified atom stereocenters. The van der Waals surface area contributed by atoms with Crippen LogP contribution >= 0.6 is 22.7 Å². The molecule has 1 fully saturated rings. The molecule has 4 heterocycles. The number of hydrogen-bond acceptors (Lipinski definition) is 8. The van der Waals surface area contributed by atoms with Crippen LogP contribution < -0.4 is 5.32 Å². The highest BCUT2D eigenvalue weighted by molar-refractivity contribution is 7.10. The third-order valence-electron chi connectivity index (χ3n) is 5.99. The molecular formula is C24H26N6O3S2. The van der Waals surface area contributed by atoms with Crippen LogP contribution in [-0.2, 0) is 22.7 Å². The molecule has 0 radical (unpaired) electrons. The van der Waals surface area contributed by atoms with Gasteiger partial charge >= 0.3 is 0 Å². The number of thiophene rings is 2. The highest BCUT2D eigenvalue weighted by Crippen LogP contribution is 2.30. The maximum Gasteiger partial charge on any atom is 0.248 e. The van der Waals surface area contributed by atoms with Crippen molar-refractivity contribution < 1.29 is 14.0 Å². The monoisotopic (exact) mass is 510 g/mol. The van der Waals surface area contributed by atoms with Crippen molar-refractivity contribution in [3.63, 3.8) is 0 Å². The van der Waals surface area contributed by atoms with Crippen LogP contribution in [0.2, 0.25) is 0 Å². The van der Waals surface area contributed by atoms with E-state index in [1.807, 2.05) is 48.0 Å². The minimum Gasteiger partial charge on any atom is -0.458 e. The van der Waals surface area contributed by atoms with Crippen molar-refractivity contribution in [1.29, 1.82) is 0 Å². The summed E-state index contributed by atoms with van der Waals surface area (Å²) in [6.07, 6.45) is 4.17. The van der Waals surface area contributed by atoms with Gasteiger partial charge in [-0.2, -0.15) is 4.80 Å². The lowest BCUT2D eigenvalue weighted by Gasteiger charge is -2.31. The second-order valence-corrected chi connectivity index (χ2v) is 10.6. The van der Waals surface area contributed by atoms with Crippen LogP contribution in [0.15, 0.2) is 51.6 Å². The third-order valence-corrected chi connectivity index (χ3v) is 7.78. The Bertz CT molecular complexity index is 1260. The van der Waals surface area contributed by atoms with Gasteiger partial charge in [-0.25, -0.2) is 0 Å². The number of hydrogen-bond donors (Lipinski definition) is 1. The van der Waals surface area contributed by atoms with E-state index < -0.39 is 6.04 Å². The zero-order chi connectivity index (χ0) is 24.2. The maximum absolute atomic E-state index is 13.7. The molecule has 0 aromatic carbocycles. The standard InChI is InChI=1S/C24H26N6O3S2/c1-16-10-11-19(33-16)23-26-28-30(27-23)15-21(31)29(14-18-8-4-12-34-18)22(20-9-5-13-35-20)24(32)25-17-6-2-3-7-17/h4-5,8-13,17,22H,2-3,6-7,14-15H2,1H3,(H,25,32)/t22-/m1/s1. The summed E-state index contributed by atoms with van der Waals surface area (Å²) in [5, 5.41) is 19.5. The first-order valence-corrected chi connectivity index (χ1v) is 13.3. The van der Waals surface area contributed by atoms with Gasteiger partial charge in [0.15, 0.2) is 5.76 Å². The van der Waals surface area contributed by atoms with Crippen molar-refractivity contribution in [2.75, 3.05) is 0 Å². The fourth-order valence-electron chi connectivity index (χ4n) is 4.29. The van der Waals surface area contributed by atoms with E-state index in [0.29, 0.717) is 18.1 Å². The molecule has 2 amide bonds. The Kier molecular flexibility index (Phi) is 7.05. The van der Waals surface area contributed by atoms with Crippen LogP contribution in [0, 0.1) is 6.92 Å². The van der Waals surface area contributed by atoms with E-state index in [0.717, 1.165) is 41.2 Å². The molecule has 1 atom stereocenters. The van der Waals surface area contributed by atoms with E-state index >= 15 is 0 Å². The van der Waals surface area contributed by atoms with Gasteiger partial charge in [-0.15, -0.1) is 32.9 Å². The summed E-state index contributed by atoms with van der Waals surface area (Å²) in [5.41, 5.74) is 0. The highest BCUT2D eigenvalue weighted by Gasteiger charge is 2.34. The van der Waals surface area contributed by atoms with Crippen LogP contribution in [0.3, 0.4) is 0 Å². The average molecular weight is 511 g/mol. The first kappa shape index (κ1) is 23.4. The van der Waals surface area contributed by atoms with E-state index in [9.17, 15) is 9.59 Å². The molecule has 0 spiro atoms. The number of carbonyl (C=O) groups excluding carboxylic acids is 2. The van der Waals surface area contributed by atoms with Gasteiger partial charge in [-0.3, -0.25) is 9.59 Å². The van der Waals surface area contributed by atoms with Gasteiger partial charge in [0, 0.05) is 15.8 Å². The van der Waals surface area contributed by atoms with Crippen molar-refractivity contribution in [3.8, 4) is 11.6 Å². The zero-order valence-corrected chi connectivity index (χ0v) is 20.9. The van der Waals surface area contributed by atoms with E-state index in [1.165, 1.54) is 16.1 Å². The second kappa shape index (κ2) is 10.5. The van der Waals surface area contributed by atoms with Crippen molar-refractivity contribution in [2.24, 2.45) is 0 Å². The summed E-state index contributed by atoms with van der Waals surface area (Å²) in [4.78, 5) is 31.9.